The first-order valence-corrected chi connectivity index (χ1v) is 7.14. The van der Waals surface area contributed by atoms with E-state index in [1.54, 1.807) is 12.1 Å². The molecule has 5 heteroatoms. The highest BCUT2D eigenvalue weighted by molar-refractivity contribution is 6.29. The predicted molar refractivity (Wildman–Crippen MR) is 82.4 cm³/mol. The van der Waals surface area contributed by atoms with Gasteiger partial charge >= 0.3 is 0 Å². The number of nitrogens with zero attached hydrogens (tertiary/aromatic N) is 1. The Morgan fingerprint density at radius 1 is 1.29 bits per heavy atom. The normalized spacial score (nSPS) is 12.0. The number of pyridine rings is 1. The standard InChI is InChI=1S/C16H17ClN2O2/c1-2-11-3-5-12(6-4-11)14(10-20)19-16(21)13-7-8-15(17)18-9-13/h3-9,14,20H,2,10H2,1H3,(H,19,21). The van der Waals surface area contributed by atoms with Crippen molar-refractivity contribution in [2.75, 3.05) is 6.61 Å². The van der Waals surface area contributed by atoms with E-state index in [0.29, 0.717) is 10.7 Å². The third-order valence-electron chi connectivity index (χ3n) is 3.27. The van der Waals surface area contributed by atoms with E-state index in [1.165, 1.54) is 11.8 Å². The zero-order valence-corrected chi connectivity index (χ0v) is 12.5. The predicted octanol–water partition coefficient (Wildman–Crippen LogP) is 2.76. The maximum absolute atomic E-state index is 12.1. The van der Waals surface area contributed by atoms with Crippen molar-refractivity contribution < 1.29 is 9.90 Å². The van der Waals surface area contributed by atoms with E-state index < -0.39 is 6.04 Å². The van der Waals surface area contributed by atoms with Gasteiger partial charge in [-0.05, 0) is 29.7 Å². The maximum atomic E-state index is 12.1. The minimum absolute atomic E-state index is 0.168. The lowest BCUT2D eigenvalue weighted by Crippen LogP contribution is -2.30. The molecule has 1 amide bonds. The number of benzene rings is 1. The number of carbonyl (C=O) groups is 1. The molecule has 0 fully saturated rings. The second-order valence-corrected chi connectivity index (χ2v) is 5.06. The summed E-state index contributed by atoms with van der Waals surface area (Å²) < 4.78 is 0. The summed E-state index contributed by atoms with van der Waals surface area (Å²) in [5.74, 6) is -0.294. The summed E-state index contributed by atoms with van der Waals surface area (Å²) in [6.45, 7) is 1.91. The molecule has 2 aromatic rings. The lowest BCUT2D eigenvalue weighted by molar-refractivity contribution is 0.0916. The van der Waals surface area contributed by atoms with Crippen LogP contribution in [0, 0.1) is 0 Å². The summed E-state index contributed by atoms with van der Waals surface area (Å²) in [5.41, 5.74) is 2.48. The van der Waals surface area contributed by atoms with E-state index in [-0.39, 0.29) is 12.5 Å². The van der Waals surface area contributed by atoms with Crippen molar-refractivity contribution in [3.63, 3.8) is 0 Å². The van der Waals surface area contributed by atoms with Crippen molar-refractivity contribution in [1.82, 2.24) is 10.3 Å². The molecule has 1 heterocycles. The molecule has 0 aliphatic rings. The van der Waals surface area contributed by atoms with Gasteiger partial charge < -0.3 is 10.4 Å². The van der Waals surface area contributed by atoms with E-state index in [9.17, 15) is 9.90 Å². The van der Waals surface area contributed by atoms with Crippen LogP contribution in [0.25, 0.3) is 0 Å². The molecule has 2 N–H and O–H groups in total. The fourth-order valence-corrected chi connectivity index (χ4v) is 2.08. The van der Waals surface area contributed by atoms with Crippen LogP contribution in [0.2, 0.25) is 5.15 Å². The van der Waals surface area contributed by atoms with Crippen LogP contribution in [0.15, 0.2) is 42.6 Å². The van der Waals surface area contributed by atoms with Gasteiger partial charge in [-0.3, -0.25) is 4.79 Å². The van der Waals surface area contributed by atoms with Gasteiger partial charge in [0.15, 0.2) is 0 Å². The number of carbonyl (C=O) groups excluding carboxylic acids is 1. The molecular formula is C16H17ClN2O2. The molecule has 2 rings (SSSR count). The Kier molecular flexibility index (Phi) is 5.31. The molecular weight excluding hydrogens is 288 g/mol. The molecule has 0 radical (unpaired) electrons. The molecule has 21 heavy (non-hydrogen) atoms. The molecule has 1 atom stereocenters. The van der Waals surface area contributed by atoms with Gasteiger partial charge in [0.25, 0.3) is 5.91 Å². The molecule has 0 aliphatic heterocycles. The number of aliphatic hydroxyl groups excluding tert-OH is 1. The topological polar surface area (TPSA) is 62.2 Å². The van der Waals surface area contributed by atoms with E-state index in [2.05, 4.69) is 17.2 Å². The molecule has 0 spiro atoms. The number of hydrogen-bond acceptors (Lipinski definition) is 3. The fraction of sp³-hybridized carbons (Fsp3) is 0.250. The van der Waals surface area contributed by atoms with Gasteiger partial charge in [0.05, 0.1) is 18.2 Å². The van der Waals surface area contributed by atoms with E-state index >= 15 is 0 Å². The first kappa shape index (κ1) is 15.5. The smallest absolute Gasteiger partial charge is 0.253 e. The van der Waals surface area contributed by atoms with Crippen molar-refractivity contribution in [1.29, 1.82) is 0 Å². The monoisotopic (exact) mass is 304 g/mol. The van der Waals surface area contributed by atoms with Crippen molar-refractivity contribution in [3.05, 3.63) is 64.4 Å². The Hall–Kier alpha value is -1.91. The molecule has 110 valence electrons. The number of hydrogen-bond donors (Lipinski definition) is 2. The van der Waals surface area contributed by atoms with Gasteiger partial charge in [-0.1, -0.05) is 42.8 Å². The van der Waals surface area contributed by atoms with Gasteiger partial charge in [0.1, 0.15) is 5.15 Å². The Labute approximate surface area is 128 Å². The zero-order chi connectivity index (χ0) is 15.2. The number of aliphatic hydroxyl groups is 1. The second kappa shape index (κ2) is 7.20. The maximum Gasteiger partial charge on any atom is 0.253 e. The van der Waals surface area contributed by atoms with Gasteiger partial charge in [-0.15, -0.1) is 0 Å². The molecule has 1 aromatic carbocycles. The Morgan fingerprint density at radius 3 is 2.52 bits per heavy atom. The Morgan fingerprint density at radius 2 is 2.00 bits per heavy atom. The molecule has 4 nitrogen and oxygen atoms in total. The Bertz CT molecular complexity index is 597. The molecule has 0 aliphatic carbocycles. The fourth-order valence-electron chi connectivity index (χ4n) is 1.97. The summed E-state index contributed by atoms with van der Waals surface area (Å²) in [5, 5.41) is 12.6. The SMILES string of the molecule is CCc1ccc(C(CO)NC(=O)c2ccc(Cl)nc2)cc1. The van der Waals surface area contributed by atoms with Crippen LogP contribution >= 0.6 is 11.6 Å². The third-order valence-corrected chi connectivity index (χ3v) is 3.49. The summed E-state index contributed by atoms with van der Waals surface area (Å²) >= 11 is 5.69. The molecule has 0 bridgehead atoms. The average molecular weight is 305 g/mol. The van der Waals surface area contributed by atoms with E-state index in [4.69, 9.17) is 11.6 Å². The minimum atomic E-state index is -0.445. The van der Waals surface area contributed by atoms with Crippen LogP contribution in [-0.4, -0.2) is 22.6 Å². The van der Waals surface area contributed by atoms with E-state index in [1.807, 2.05) is 24.3 Å². The summed E-state index contributed by atoms with van der Waals surface area (Å²) in [7, 11) is 0. The third kappa shape index (κ3) is 4.03. The summed E-state index contributed by atoms with van der Waals surface area (Å²) in [6.07, 6.45) is 2.36. The van der Waals surface area contributed by atoms with Gasteiger partial charge in [0, 0.05) is 6.20 Å². The number of amides is 1. The van der Waals surface area contributed by atoms with E-state index in [0.717, 1.165) is 12.0 Å². The molecule has 0 saturated heterocycles. The van der Waals surface area contributed by atoms with Crippen molar-refractivity contribution in [3.8, 4) is 0 Å². The quantitative estimate of drug-likeness (QED) is 0.835. The van der Waals surface area contributed by atoms with Gasteiger partial charge in [-0.2, -0.15) is 0 Å². The number of nitrogens with one attached hydrogen (secondary N) is 1. The van der Waals surface area contributed by atoms with Crippen LogP contribution in [0.5, 0.6) is 0 Å². The second-order valence-electron chi connectivity index (χ2n) is 4.67. The number of aromatic nitrogens is 1. The number of aryl methyl sites for hydroxylation is 1. The number of halogens is 1. The first-order valence-electron chi connectivity index (χ1n) is 6.76. The zero-order valence-electron chi connectivity index (χ0n) is 11.7. The Balaban J connectivity index is 2.10. The largest absolute Gasteiger partial charge is 0.394 e. The van der Waals surface area contributed by atoms with Gasteiger partial charge in [0.2, 0.25) is 0 Å². The highest BCUT2D eigenvalue weighted by Crippen LogP contribution is 2.15. The molecule has 1 unspecified atom stereocenters. The highest BCUT2D eigenvalue weighted by Gasteiger charge is 2.15. The van der Waals surface area contributed by atoms with Crippen molar-refractivity contribution in [2.24, 2.45) is 0 Å². The lowest BCUT2D eigenvalue weighted by atomic mass is 10.0. The average Bonchev–Trinajstić information content (AvgIpc) is 2.53. The highest BCUT2D eigenvalue weighted by atomic mass is 35.5. The molecule has 1 aromatic heterocycles. The van der Waals surface area contributed by atoms with Gasteiger partial charge in [-0.25, -0.2) is 4.98 Å². The molecule has 0 saturated carbocycles. The number of rotatable bonds is 5. The van der Waals surface area contributed by atoms with Crippen molar-refractivity contribution in [2.45, 2.75) is 19.4 Å². The van der Waals surface area contributed by atoms with Crippen LogP contribution in [0.1, 0.15) is 34.5 Å². The van der Waals surface area contributed by atoms with Crippen LogP contribution in [-0.2, 0) is 6.42 Å². The summed E-state index contributed by atoms with van der Waals surface area (Å²) in [4.78, 5) is 16.0. The van der Waals surface area contributed by atoms with Crippen LogP contribution in [0.3, 0.4) is 0 Å². The van der Waals surface area contributed by atoms with Crippen LogP contribution in [0.4, 0.5) is 0 Å². The van der Waals surface area contributed by atoms with Crippen molar-refractivity contribution >= 4 is 17.5 Å². The first-order chi connectivity index (χ1) is 10.1. The minimum Gasteiger partial charge on any atom is -0.394 e. The summed E-state index contributed by atoms with van der Waals surface area (Å²) in [6, 6.07) is 10.5. The van der Waals surface area contributed by atoms with Crippen LogP contribution < -0.4 is 5.32 Å². The lowest BCUT2D eigenvalue weighted by Gasteiger charge is -2.17.